The second-order valence-electron chi connectivity index (χ2n) is 7.67. The molecular weight excluding hydrogens is 443 g/mol. The average molecular weight is 468 g/mol. The van der Waals surface area contributed by atoms with E-state index in [-0.39, 0.29) is 22.7 Å². The first-order valence-corrected chi connectivity index (χ1v) is 10.4. The van der Waals surface area contributed by atoms with Crippen molar-refractivity contribution in [2.45, 2.75) is 26.4 Å². The molecule has 9 heteroatoms. The maximum absolute atomic E-state index is 13.3. The van der Waals surface area contributed by atoms with Gasteiger partial charge in [0.15, 0.2) is 0 Å². The molecule has 0 aromatic heterocycles. The van der Waals surface area contributed by atoms with Crippen molar-refractivity contribution in [2.24, 2.45) is 10.3 Å². The van der Waals surface area contributed by atoms with Crippen LogP contribution in [-0.4, -0.2) is 42.0 Å². The standard InChI is InChI=1S/C25H25FN2O6/c1-14(2)5-12-20(34-25(29)15-6-8-16(26)9-7-15)17-13-21(32-3)22-18(27-30)10-11-19(28-31)23(22)24(17)33-4/h5-11,13,20,30-31H,12H2,1-4H3/b27-18+,28-19+. The zero-order chi connectivity index (χ0) is 24.8. The van der Waals surface area contributed by atoms with Gasteiger partial charge in [-0.15, -0.1) is 0 Å². The summed E-state index contributed by atoms with van der Waals surface area (Å²) in [5, 5.41) is 25.8. The minimum atomic E-state index is -0.832. The van der Waals surface area contributed by atoms with Gasteiger partial charge in [0.25, 0.3) is 0 Å². The molecule has 2 N–H and O–H groups in total. The van der Waals surface area contributed by atoms with Crippen molar-refractivity contribution in [3.63, 3.8) is 0 Å². The molecular formula is C25H25FN2O6. The molecule has 0 spiro atoms. The Labute approximate surface area is 196 Å². The second kappa shape index (κ2) is 10.7. The number of rotatable bonds is 7. The number of oxime groups is 2. The van der Waals surface area contributed by atoms with Gasteiger partial charge in [0.1, 0.15) is 34.8 Å². The van der Waals surface area contributed by atoms with E-state index >= 15 is 0 Å². The third kappa shape index (κ3) is 4.93. The molecule has 1 atom stereocenters. The molecule has 1 unspecified atom stereocenters. The lowest BCUT2D eigenvalue weighted by atomic mass is 9.88. The zero-order valence-corrected chi connectivity index (χ0v) is 19.2. The van der Waals surface area contributed by atoms with Gasteiger partial charge in [0.05, 0.1) is 30.9 Å². The molecule has 0 saturated heterocycles. The summed E-state index contributed by atoms with van der Waals surface area (Å²) < 4.78 is 30.4. The monoisotopic (exact) mass is 468 g/mol. The SMILES string of the molecule is COc1cc(C(CC=C(C)C)OC(=O)c2ccc(F)cc2)c(OC)c2c1/C(=N/O)C=C/C2=N\O. The number of carbonyl (C=O) groups is 1. The molecule has 0 amide bonds. The summed E-state index contributed by atoms with van der Waals surface area (Å²) in [5.41, 5.74) is 2.62. The molecule has 0 heterocycles. The number of nitrogens with zero attached hydrogens (tertiary/aromatic N) is 2. The maximum atomic E-state index is 13.3. The van der Waals surface area contributed by atoms with E-state index in [1.165, 1.54) is 50.6 Å². The van der Waals surface area contributed by atoms with Crippen LogP contribution in [0.25, 0.3) is 0 Å². The van der Waals surface area contributed by atoms with E-state index < -0.39 is 17.9 Å². The van der Waals surface area contributed by atoms with Crippen LogP contribution in [0.4, 0.5) is 4.39 Å². The van der Waals surface area contributed by atoms with Crippen molar-refractivity contribution in [1.29, 1.82) is 0 Å². The number of halogens is 1. The highest BCUT2D eigenvalue weighted by Gasteiger charge is 2.32. The smallest absolute Gasteiger partial charge is 0.338 e. The Hall–Kier alpha value is -4.14. The second-order valence-corrected chi connectivity index (χ2v) is 7.67. The molecule has 8 nitrogen and oxygen atoms in total. The predicted molar refractivity (Wildman–Crippen MR) is 124 cm³/mol. The van der Waals surface area contributed by atoms with E-state index in [1.807, 2.05) is 19.9 Å². The highest BCUT2D eigenvalue weighted by atomic mass is 19.1. The van der Waals surface area contributed by atoms with Gasteiger partial charge in [0, 0.05) is 12.0 Å². The maximum Gasteiger partial charge on any atom is 0.338 e. The summed E-state index contributed by atoms with van der Waals surface area (Å²) in [6, 6.07) is 6.65. The number of fused-ring (bicyclic) bond motifs is 1. The van der Waals surface area contributed by atoms with Crippen LogP contribution in [-0.2, 0) is 4.74 Å². The van der Waals surface area contributed by atoms with Crippen molar-refractivity contribution in [3.8, 4) is 11.5 Å². The van der Waals surface area contributed by atoms with Crippen LogP contribution in [0, 0.1) is 5.82 Å². The Morgan fingerprint density at radius 2 is 1.65 bits per heavy atom. The summed E-state index contributed by atoms with van der Waals surface area (Å²) in [5.74, 6) is -0.569. The molecule has 34 heavy (non-hydrogen) atoms. The number of methoxy groups -OCH3 is 2. The third-order valence-electron chi connectivity index (χ3n) is 5.24. The summed E-state index contributed by atoms with van der Waals surface area (Å²) in [7, 11) is 2.86. The number of hydrogen-bond donors (Lipinski definition) is 2. The van der Waals surface area contributed by atoms with E-state index in [1.54, 1.807) is 6.07 Å². The molecule has 1 aliphatic carbocycles. The van der Waals surface area contributed by atoms with Crippen molar-refractivity contribution in [1.82, 2.24) is 0 Å². The van der Waals surface area contributed by atoms with Crippen LogP contribution in [0.1, 0.15) is 53.4 Å². The molecule has 0 fully saturated rings. The molecule has 3 rings (SSSR count). The minimum absolute atomic E-state index is 0.144. The number of benzene rings is 2. The van der Waals surface area contributed by atoms with Crippen LogP contribution in [0.2, 0.25) is 0 Å². The molecule has 2 aromatic carbocycles. The number of hydrogen-bond acceptors (Lipinski definition) is 8. The van der Waals surface area contributed by atoms with Gasteiger partial charge in [-0.1, -0.05) is 22.0 Å². The molecule has 1 aliphatic rings. The van der Waals surface area contributed by atoms with E-state index in [0.29, 0.717) is 28.9 Å². The number of allylic oxidation sites excluding steroid dienone is 3. The fourth-order valence-electron chi connectivity index (χ4n) is 3.63. The molecule has 0 radical (unpaired) electrons. The van der Waals surface area contributed by atoms with Crippen LogP contribution in [0.15, 0.2) is 64.4 Å². The Balaban J connectivity index is 2.20. The fourth-order valence-corrected chi connectivity index (χ4v) is 3.63. The van der Waals surface area contributed by atoms with Crippen molar-refractivity contribution in [3.05, 3.63) is 82.2 Å². The van der Waals surface area contributed by atoms with Crippen molar-refractivity contribution in [2.75, 3.05) is 14.2 Å². The fraction of sp³-hybridized carbons (Fsp3) is 0.240. The number of carbonyl (C=O) groups excluding carboxylic acids is 1. The topological polar surface area (TPSA) is 110 Å². The van der Waals surface area contributed by atoms with Crippen LogP contribution < -0.4 is 9.47 Å². The van der Waals surface area contributed by atoms with Gasteiger partial charge in [-0.25, -0.2) is 9.18 Å². The van der Waals surface area contributed by atoms with Crippen molar-refractivity contribution >= 4 is 17.4 Å². The van der Waals surface area contributed by atoms with E-state index in [2.05, 4.69) is 10.3 Å². The quantitative estimate of drug-likeness (QED) is 0.255. The lowest BCUT2D eigenvalue weighted by Crippen LogP contribution is -2.20. The number of ether oxygens (including phenoxy) is 3. The molecule has 0 aliphatic heterocycles. The zero-order valence-electron chi connectivity index (χ0n) is 19.2. The van der Waals surface area contributed by atoms with Gasteiger partial charge >= 0.3 is 5.97 Å². The lowest BCUT2D eigenvalue weighted by molar-refractivity contribution is 0.0297. The molecule has 0 bridgehead atoms. The Morgan fingerprint density at radius 3 is 2.18 bits per heavy atom. The molecule has 178 valence electrons. The van der Waals surface area contributed by atoms with Gasteiger partial charge < -0.3 is 24.6 Å². The summed E-state index contributed by atoms with van der Waals surface area (Å²) in [6.45, 7) is 3.82. The first-order chi connectivity index (χ1) is 16.3. The molecule has 0 saturated carbocycles. The van der Waals surface area contributed by atoms with Crippen LogP contribution >= 0.6 is 0 Å². The van der Waals surface area contributed by atoms with Gasteiger partial charge in [0.2, 0.25) is 0 Å². The highest BCUT2D eigenvalue weighted by Crippen LogP contribution is 2.42. The van der Waals surface area contributed by atoms with E-state index in [0.717, 1.165) is 5.57 Å². The van der Waals surface area contributed by atoms with Gasteiger partial charge in [-0.2, -0.15) is 0 Å². The first kappa shape index (κ1) is 24.5. The highest BCUT2D eigenvalue weighted by molar-refractivity contribution is 6.27. The normalized spacial score (nSPS) is 15.6. The van der Waals surface area contributed by atoms with Crippen molar-refractivity contribution < 1.29 is 33.8 Å². The summed E-state index contributed by atoms with van der Waals surface area (Å²) in [6.07, 6.45) is 4.29. The van der Waals surface area contributed by atoms with Gasteiger partial charge in [-0.05, 0) is 56.3 Å². The lowest BCUT2D eigenvalue weighted by Gasteiger charge is -2.26. The summed E-state index contributed by atoms with van der Waals surface area (Å²) >= 11 is 0. The first-order valence-electron chi connectivity index (χ1n) is 10.4. The minimum Gasteiger partial charge on any atom is -0.496 e. The Kier molecular flexibility index (Phi) is 7.68. The Bertz CT molecular complexity index is 1190. The predicted octanol–water partition coefficient (Wildman–Crippen LogP) is 5.02. The summed E-state index contributed by atoms with van der Waals surface area (Å²) in [4.78, 5) is 12.9. The van der Waals surface area contributed by atoms with Crippen LogP contribution in [0.5, 0.6) is 11.5 Å². The Morgan fingerprint density at radius 1 is 1.03 bits per heavy atom. The third-order valence-corrected chi connectivity index (χ3v) is 5.24. The molecule has 2 aromatic rings. The van der Waals surface area contributed by atoms with E-state index in [9.17, 15) is 19.6 Å². The average Bonchev–Trinajstić information content (AvgIpc) is 2.84. The van der Waals surface area contributed by atoms with E-state index in [4.69, 9.17) is 14.2 Å². The van der Waals surface area contributed by atoms with Gasteiger partial charge in [-0.3, -0.25) is 0 Å². The largest absolute Gasteiger partial charge is 0.496 e. The van der Waals surface area contributed by atoms with Crippen LogP contribution in [0.3, 0.4) is 0 Å². The number of esters is 1.